The summed E-state index contributed by atoms with van der Waals surface area (Å²) in [6, 6.07) is 0. The van der Waals surface area contributed by atoms with Crippen LogP contribution in [0.1, 0.15) is 0 Å². The van der Waals surface area contributed by atoms with E-state index in [2.05, 4.69) is 0 Å². The highest BCUT2D eigenvalue weighted by molar-refractivity contribution is 4.85. The third kappa shape index (κ3) is 2.05. The van der Waals surface area contributed by atoms with Crippen molar-refractivity contribution in [3.8, 4) is 0 Å². The predicted octanol–water partition coefficient (Wildman–Crippen LogP) is -1.55. The molecule has 2 heterocycles. The van der Waals surface area contributed by atoms with Gasteiger partial charge >= 0.3 is 0 Å². The number of aliphatic hydroxyl groups excluding tert-OH is 2. The average molecular weight is 206 g/mol. The summed E-state index contributed by atoms with van der Waals surface area (Å²) in [5.74, 6) is 0. The molecule has 0 bridgehead atoms. The largest absolute Gasteiger partial charge is 0.388 e. The second kappa shape index (κ2) is 4.52. The van der Waals surface area contributed by atoms with E-state index in [4.69, 9.17) is 18.9 Å². The Morgan fingerprint density at radius 2 is 1.21 bits per heavy atom. The molecule has 2 fully saturated rings. The minimum absolute atomic E-state index is 0.120. The van der Waals surface area contributed by atoms with Crippen LogP contribution >= 0.6 is 0 Å². The summed E-state index contributed by atoms with van der Waals surface area (Å²) < 4.78 is 20.2. The number of rotatable bonds is 1. The van der Waals surface area contributed by atoms with E-state index in [0.717, 1.165) is 0 Å². The van der Waals surface area contributed by atoms with Crippen molar-refractivity contribution in [1.29, 1.82) is 0 Å². The van der Waals surface area contributed by atoms with Crippen LogP contribution in [-0.2, 0) is 18.9 Å². The molecule has 82 valence electrons. The van der Waals surface area contributed by atoms with Gasteiger partial charge in [-0.3, -0.25) is 0 Å². The molecule has 0 aromatic carbocycles. The van der Waals surface area contributed by atoms with E-state index >= 15 is 0 Å². The van der Waals surface area contributed by atoms with Gasteiger partial charge in [0.2, 0.25) is 0 Å². The Bertz CT molecular complexity index is 167. The van der Waals surface area contributed by atoms with Crippen LogP contribution in [0.2, 0.25) is 0 Å². The Labute approximate surface area is 81.3 Å². The molecule has 2 saturated heterocycles. The van der Waals surface area contributed by atoms with Crippen molar-refractivity contribution < 1.29 is 29.2 Å². The summed E-state index contributed by atoms with van der Waals surface area (Å²) in [7, 11) is 0. The van der Waals surface area contributed by atoms with Gasteiger partial charge in [0.25, 0.3) is 0 Å². The highest BCUT2D eigenvalue weighted by Crippen LogP contribution is 2.19. The van der Waals surface area contributed by atoms with Crippen LogP contribution in [0.3, 0.4) is 0 Å². The van der Waals surface area contributed by atoms with Crippen molar-refractivity contribution in [3.63, 3.8) is 0 Å². The molecule has 0 aromatic rings. The molecule has 6 nitrogen and oxygen atoms in total. The highest BCUT2D eigenvalue weighted by atomic mass is 16.7. The van der Waals surface area contributed by atoms with Gasteiger partial charge in [0.05, 0.1) is 13.2 Å². The first-order valence-corrected chi connectivity index (χ1v) is 4.54. The van der Waals surface area contributed by atoms with Gasteiger partial charge in [-0.1, -0.05) is 0 Å². The molecule has 0 amide bonds. The Hall–Kier alpha value is -0.240. The van der Waals surface area contributed by atoms with Crippen molar-refractivity contribution in [2.75, 3.05) is 26.8 Å². The first-order valence-electron chi connectivity index (χ1n) is 4.54. The smallest absolute Gasteiger partial charge is 0.147 e. The normalized spacial score (nSPS) is 45.0. The standard InChI is InChI=1S/C8H14O6/c9-5-1-11-3-13-7(5)8-6(10)2-12-4-14-8/h5-10H,1-4H2/t5-,6+,7+,8-. The number of hydrogen-bond acceptors (Lipinski definition) is 6. The molecule has 0 saturated carbocycles. The molecule has 2 aliphatic rings. The maximum Gasteiger partial charge on any atom is 0.147 e. The van der Waals surface area contributed by atoms with Gasteiger partial charge in [0.15, 0.2) is 0 Å². The fourth-order valence-electron chi connectivity index (χ4n) is 1.63. The summed E-state index contributed by atoms with van der Waals surface area (Å²) in [6.45, 7) is 0.653. The van der Waals surface area contributed by atoms with Crippen LogP contribution in [-0.4, -0.2) is 61.4 Å². The topological polar surface area (TPSA) is 77.4 Å². The quantitative estimate of drug-likeness (QED) is 0.541. The highest BCUT2D eigenvalue weighted by Gasteiger charge is 2.39. The summed E-state index contributed by atoms with van der Waals surface area (Å²) >= 11 is 0. The van der Waals surface area contributed by atoms with Crippen molar-refractivity contribution >= 4 is 0 Å². The number of aliphatic hydroxyl groups is 2. The van der Waals surface area contributed by atoms with Crippen LogP contribution in [0.15, 0.2) is 0 Å². The Morgan fingerprint density at radius 1 is 0.786 bits per heavy atom. The van der Waals surface area contributed by atoms with Crippen molar-refractivity contribution in [2.45, 2.75) is 24.4 Å². The fraction of sp³-hybridized carbons (Fsp3) is 1.00. The van der Waals surface area contributed by atoms with Gasteiger partial charge in [-0.15, -0.1) is 0 Å². The first-order chi connectivity index (χ1) is 6.79. The zero-order valence-electron chi connectivity index (χ0n) is 7.67. The lowest BCUT2D eigenvalue weighted by Crippen LogP contribution is -2.55. The molecule has 2 aliphatic heterocycles. The first kappa shape index (κ1) is 10.3. The zero-order chi connectivity index (χ0) is 9.97. The number of ether oxygens (including phenoxy) is 4. The molecule has 0 radical (unpaired) electrons. The minimum Gasteiger partial charge on any atom is -0.388 e. The summed E-state index contributed by atoms with van der Waals surface area (Å²) in [5.41, 5.74) is 0. The van der Waals surface area contributed by atoms with Gasteiger partial charge in [0, 0.05) is 0 Å². The monoisotopic (exact) mass is 206 g/mol. The van der Waals surface area contributed by atoms with Gasteiger partial charge in [-0.05, 0) is 0 Å². The van der Waals surface area contributed by atoms with Crippen molar-refractivity contribution in [1.82, 2.24) is 0 Å². The van der Waals surface area contributed by atoms with Gasteiger partial charge in [0.1, 0.15) is 38.0 Å². The molecular weight excluding hydrogens is 192 g/mol. The molecule has 0 spiro atoms. The lowest BCUT2D eigenvalue weighted by atomic mass is 10.0. The molecule has 0 aliphatic carbocycles. The lowest BCUT2D eigenvalue weighted by Gasteiger charge is -2.38. The maximum atomic E-state index is 9.56. The van der Waals surface area contributed by atoms with Crippen molar-refractivity contribution in [3.05, 3.63) is 0 Å². The van der Waals surface area contributed by atoms with E-state index < -0.39 is 24.4 Å². The van der Waals surface area contributed by atoms with Gasteiger partial charge in [-0.2, -0.15) is 0 Å². The average Bonchev–Trinajstić information content (AvgIpc) is 2.20. The van der Waals surface area contributed by atoms with Gasteiger partial charge in [-0.25, -0.2) is 0 Å². The SMILES string of the molecule is O[C@@H]1COCO[C@@H]1[C@@H]1OCOC[C@@H]1O. The van der Waals surface area contributed by atoms with E-state index in [1.54, 1.807) is 0 Å². The minimum atomic E-state index is -0.762. The van der Waals surface area contributed by atoms with Crippen molar-refractivity contribution in [2.24, 2.45) is 0 Å². The van der Waals surface area contributed by atoms with Crippen LogP contribution < -0.4 is 0 Å². The molecule has 0 unspecified atom stereocenters. The molecule has 6 heteroatoms. The Balaban J connectivity index is 1.96. The molecule has 0 aromatic heterocycles. The maximum absolute atomic E-state index is 9.56. The second-order valence-electron chi connectivity index (χ2n) is 3.37. The van der Waals surface area contributed by atoms with Crippen LogP contribution in [0.25, 0.3) is 0 Å². The predicted molar refractivity (Wildman–Crippen MR) is 43.4 cm³/mol. The second-order valence-corrected chi connectivity index (χ2v) is 3.37. The number of hydrogen-bond donors (Lipinski definition) is 2. The van der Waals surface area contributed by atoms with Crippen LogP contribution in [0.5, 0.6) is 0 Å². The molecule has 14 heavy (non-hydrogen) atoms. The fourth-order valence-corrected chi connectivity index (χ4v) is 1.63. The van der Waals surface area contributed by atoms with Crippen LogP contribution in [0, 0.1) is 0 Å². The Morgan fingerprint density at radius 3 is 1.57 bits per heavy atom. The molecular formula is C8H14O6. The summed E-state index contributed by atoms with van der Waals surface area (Å²) in [6.07, 6.45) is -2.60. The van der Waals surface area contributed by atoms with E-state index in [1.165, 1.54) is 0 Å². The molecule has 4 atom stereocenters. The van der Waals surface area contributed by atoms with E-state index in [1.807, 2.05) is 0 Å². The third-order valence-corrected chi connectivity index (χ3v) is 2.35. The Kier molecular flexibility index (Phi) is 3.32. The van der Waals surface area contributed by atoms with E-state index in [9.17, 15) is 10.2 Å². The summed E-state index contributed by atoms with van der Waals surface area (Å²) in [4.78, 5) is 0. The zero-order valence-corrected chi connectivity index (χ0v) is 7.67. The summed E-state index contributed by atoms with van der Waals surface area (Å²) in [5, 5.41) is 19.1. The van der Waals surface area contributed by atoms with E-state index in [-0.39, 0.29) is 26.8 Å². The van der Waals surface area contributed by atoms with E-state index in [0.29, 0.717) is 0 Å². The van der Waals surface area contributed by atoms with Gasteiger partial charge < -0.3 is 29.2 Å². The third-order valence-electron chi connectivity index (χ3n) is 2.35. The van der Waals surface area contributed by atoms with Crippen LogP contribution in [0.4, 0.5) is 0 Å². The lowest BCUT2D eigenvalue weighted by molar-refractivity contribution is -0.277. The molecule has 2 N–H and O–H groups in total. The molecule has 2 rings (SSSR count).